The fourth-order valence-corrected chi connectivity index (χ4v) is 4.11. The lowest BCUT2D eigenvalue weighted by Crippen LogP contribution is -2.45. The Balaban J connectivity index is 1.60. The Hall–Kier alpha value is -1.85. The molecule has 2 aliphatic rings. The van der Waals surface area contributed by atoms with Gasteiger partial charge in [-0.1, -0.05) is 45.4 Å². The fraction of sp³-hybridized carbons (Fsp3) is 0.762. The first-order chi connectivity index (χ1) is 13.1. The second-order valence-corrected chi connectivity index (χ2v) is 7.88. The number of carbonyl (C=O) groups is 2. The molecule has 6 nitrogen and oxygen atoms in total. The maximum atomic E-state index is 12.2. The molecule has 0 unspecified atom stereocenters. The SMILES string of the molecule is CCCCCCCCCC(=O)NC1CCC(N2CC(O)=C(C=N)C2=O)CC1. The minimum Gasteiger partial charge on any atom is -0.510 e. The summed E-state index contributed by atoms with van der Waals surface area (Å²) in [5.74, 6) is -0.0938. The first-order valence-corrected chi connectivity index (χ1v) is 10.6. The molecule has 27 heavy (non-hydrogen) atoms. The van der Waals surface area contributed by atoms with Gasteiger partial charge in [0.25, 0.3) is 5.91 Å². The molecule has 0 aromatic carbocycles. The Morgan fingerprint density at radius 2 is 1.78 bits per heavy atom. The maximum absolute atomic E-state index is 12.2. The highest BCUT2D eigenvalue weighted by atomic mass is 16.3. The van der Waals surface area contributed by atoms with Gasteiger partial charge >= 0.3 is 0 Å². The third kappa shape index (κ3) is 6.36. The van der Waals surface area contributed by atoms with Crippen LogP contribution >= 0.6 is 0 Å². The first-order valence-electron chi connectivity index (χ1n) is 10.6. The molecule has 0 spiro atoms. The van der Waals surface area contributed by atoms with Gasteiger partial charge in [0.2, 0.25) is 5.91 Å². The van der Waals surface area contributed by atoms with E-state index < -0.39 is 0 Å². The molecule has 1 saturated carbocycles. The lowest BCUT2D eigenvalue weighted by atomic mass is 9.90. The van der Waals surface area contributed by atoms with E-state index in [0.29, 0.717) is 6.42 Å². The number of nitrogens with zero attached hydrogens (tertiary/aromatic N) is 1. The lowest BCUT2D eigenvalue weighted by molar-refractivity contribution is -0.128. The topological polar surface area (TPSA) is 93.5 Å². The number of aliphatic hydroxyl groups is 1. The smallest absolute Gasteiger partial charge is 0.259 e. The number of rotatable bonds is 11. The van der Waals surface area contributed by atoms with E-state index in [-0.39, 0.29) is 41.8 Å². The molecule has 0 saturated heterocycles. The van der Waals surface area contributed by atoms with Crippen molar-refractivity contribution in [1.29, 1.82) is 5.41 Å². The molecule has 1 heterocycles. The first kappa shape index (κ1) is 21.5. The molecule has 0 atom stereocenters. The molecule has 6 heteroatoms. The monoisotopic (exact) mass is 377 g/mol. The number of hydrogen-bond donors (Lipinski definition) is 3. The summed E-state index contributed by atoms with van der Waals surface area (Å²) in [5, 5.41) is 20.2. The van der Waals surface area contributed by atoms with Gasteiger partial charge < -0.3 is 20.7 Å². The molecule has 0 bridgehead atoms. The van der Waals surface area contributed by atoms with Gasteiger partial charge in [-0.25, -0.2) is 0 Å². The van der Waals surface area contributed by atoms with E-state index in [4.69, 9.17) is 5.41 Å². The van der Waals surface area contributed by atoms with Gasteiger partial charge in [-0.05, 0) is 32.1 Å². The van der Waals surface area contributed by atoms with Gasteiger partial charge in [0.05, 0.1) is 12.1 Å². The summed E-state index contributed by atoms with van der Waals surface area (Å²) >= 11 is 0. The summed E-state index contributed by atoms with van der Waals surface area (Å²) in [6, 6.07) is 0.285. The average molecular weight is 378 g/mol. The molecule has 0 aromatic rings. The molecular weight excluding hydrogens is 342 g/mol. The van der Waals surface area contributed by atoms with Gasteiger partial charge in [0, 0.05) is 24.7 Å². The maximum Gasteiger partial charge on any atom is 0.259 e. The van der Waals surface area contributed by atoms with Gasteiger partial charge in [0.1, 0.15) is 5.76 Å². The molecule has 3 N–H and O–H groups in total. The van der Waals surface area contributed by atoms with Crippen LogP contribution < -0.4 is 5.32 Å². The van der Waals surface area contributed by atoms with Crippen molar-refractivity contribution >= 4 is 18.0 Å². The summed E-state index contributed by atoms with van der Waals surface area (Å²) in [7, 11) is 0. The molecule has 1 aliphatic heterocycles. The summed E-state index contributed by atoms with van der Waals surface area (Å²) < 4.78 is 0. The van der Waals surface area contributed by atoms with Crippen molar-refractivity contribution in [3.05, 3.63) is 11.3 Å². The van der Waals surface area contributed by atoms with Crippen LogP contribution in [-0.2, 0) is 9.59 Å². The number of hydrogen-bond acceptors (Lipinski definition) is 4. The second kappa shape index (κ2) is 11.1. The normalized spacial score (nSPS) is 23.0. The largest absolute Gasteiger partial charge is 0.510 e. The minimum atomic E-state index is -0.242. The Kier molecular flexibility index (Phi) is 8.82. The van der Waals surface area contributed by atoms with E-state index in [1.165, 1.54) is 32.1 Å². The van der Waals surface area contributed by atoms with Crippen LogP contribution in [0, 0.1) is 5.41 Å². The van der Waals surface area contributed by atoms with Crippen LogP contribution in [0.15, 0.2) is 11.3 Å². The van der Waals surface area contributed by atoms with Crippen LogP contribution in [0.25, 0.3) is 0 Å². The van der Waals surface area contributed by atoms with Crippen molar-refractivity contribution in [3.8, 4) is 0 Å². The molecule has 152 valence electrons. The number of unbranched alkanes of at least 4 members (excludes halogenated alkanes) is 6. The van der Waals surface area contributed by atoms with Crippen LogP contribution in [0.3, 0.4) is 0 Å². The number of carbonyl (C=O) groups excluding carboxylic acids is 2. The highest BCUT2D eigenvalue weighted by Crippen LogP contribution is 2.28. The molecule has 2 amide bonds. The van der Waals surface area contributed by atoms with Crippen molar-refractivity contribution in [2.45, 2.75) is 96.1 Å². The van der Waals surface area contributed by atoms with Crippen LogP contribution in [0.2, 0.25) is 0 Å². The third-order valence-electron chi connectivity index (χ3n) is 5.78. The highest BCUT2D eigenvalue weighted by Gasteiger charge is 2.36. The van der Waals surface area contributed by atoms with Gasteiger partial charge in [-0.15, -0.1) is 0 Å². The Labute approximate surface area is 162 Å². The summed E-state index contributed by atoms with van der Waals surface area (Å²) in [5.41, 5.74) is 0.111. The Morgan fingerprint density at radius 1 is 1.15 bits per heavy atom. The summed E-state index contributed by atoms with van der Waals surface area (Å²) in [6.07, 6.45) is 13.4. The van der Waals surface area contributed by atoms with Gasteiger partial charge in [-0.3, -0.25) is 9.59 Å². The number of aliphatic hydroxyl groups excluding tert-OH is 1. The van der Waals surface area contributed by atoms with Crippen molar-refractivity contribution in [2.24, 2.45) is 0 Å². The van der Waals surface area contributed by atoms with E-state index in [1.807, 2.05) is 0 Å². The molecular formula is C21H35N3O3. The van der Waals surface area contributed by atoms with Crippen molar-refractivity contribution in [1.82, 2.24) is 10.2 Å². The Bertz CT molecular complexity index is 551. The standard InChI is InChI=1S/C21H35N3O3/c1-2-3-4-5-6-7-8-9-20(26)23-16-10-12-17(13-11-16)24-15-19(25)18(14-22)21(24)27/h14,16-17,22,25H,2-13,15H2,1H3,(H,23,26). The predicted molar refractivity (Wildman–Crippen MR) is 107 cm³/mol. The zero-order chi connectivity index (χ0) is 19.6. The third-order valence-corrected chi connectivity index (χ3v) is 5.78. The second-order valence-electron chi connectivity index (χ2n) is 7.88. The van der Waals surface area contributed by atoms with E-state index in [1.54, 1.807) is 4.90 Å². The minimum absolute atomic E-state index is 0.000111. The van der Waals surface area contributed by atoms with Crippen molar-refractivity contribution in [3.63, 3.8) is 0 Å². The highest BCUT2D eigenvalue weighted by molar-refractivity contribution is 6.13. The molecule has 0 radical (unpaired) electrons. The van der Waals surface area contributed by atoms with Crippen LogP contribution in [0.1, 0.15) is 84.0 Å². The summed E-state index contributed by atoms with van der Waals surface area (Å²) in [6.45, 7) is 2.43. The van der Waals surface area contributed by atoms with E-state index in [0.717, 1.165) is 44.7 Å². The zero-order valence-electron chi connectivity index (χ0n) is 16.6. The van der Waals surface area contributed by atoms with E-state index in [2.05, 4.69) is 12.2 Å². The lowest BCUT2D eigenvalue weighted by Gasteiger charge is -2.34. The van der Waals surface area contributed by atoms with Gasteiger partial charge in [0.15, 0.2) is 0 Å². The molecule has 2 rings (SSSR count). The van der Waals surface area contributed by atoms with E-state index in [9.17, 15) is 14.7 Å². The zero-order valence-corrected chi connectivity index (χ0v) is 16.6. The molecule has 1 fully saturated rings. The van der Waals surface area contributed by atoms with Crippen LogP contribution in [0.5, 0.6) is 0 Å². The average Bonchev–Trinajstić information content (AvgIpc) is 2.95. The van der Waals surface area contributed by atoms with Crippen LogP contribution in [-0.4, -0.2) is 46.7 Å². The molecule has 1 aliphatic carbocycles. The van der Waals surface area contributed by atoms with Crippen LogP contribution in [0.4, 0.5) is 0 Å². The summed E-state index contributed by atoms with van der Waals surface area (Å²) in [4.78, 5) is 26.0. The number of nitrogens with one attached hydrogen (secondary N) is 2. The quantitative estimate of drug-likeness (QED) is 0.377. The van der Waals surface area contributed by atoms with E-state index >= 15 is 0 Å². The predicted octanol–water partition coefficient (Wildman–Crippen LogP) is 3.86. The van der Waals surface area contributed by atoms with Crippen molar-refractivity contribution in [2.75, 3.05) is 6.54 Å². The fourth-order valence-electron chi connectivity index (χ4n) is 4.11. The molecule has 0 aromatic heterocycles. The van der Waals surface area contributed by atoms with Gasteiger partial charge in [-0.2, -0.15) is 0 Å². The Morgan fingerprint density at radius 3 is 2.37 bits per heavy atom. The van der Waals surface area contributed by atoms with Crippen molar-refractivity contribution < 1.29 is 14.7 Å². The number of amides is 2.